The lowest BCUT2D eigenvalue weighted by atomic mass is 10.0. The van der Waals surface area contributed by atoms with Gasteiger partial charge < -0.3 is 4.74 Å². The Balaban J connectivity index is 1.91. The molecule has 1 atom stereocenters. The van der Waals surface area contributed by atoms with Gasteiger partial charge in [-0.15, -0.1) is 0 Å². The molecule has 0 spiro atoms. The Kier molecular flexibility index (Phi) is 5.54. The summed E-state index contributed by atoms with van der Waals surface area (Å²) in [6.07, 6.45) is -0.605. The largest absolute Gasteiger partial charge is 0.454 e. The van der Waals surface area contributed by atoms with E-state index < -0.39 is 12.1 Å². The zero-order chi connectivity index (χ0) is 17.9. The van der Waals surface area contributed by atoms with Gasteiger partial charge in [-0.2, -0.15) is 5.10 Å². The number of aryl methyl sites for hydroxylation is 5. The average molecular weight is 328 g/mol. The number of esters is 1. The Labute approximate surface area is 142 Å². The predicted molar refractivity (Wildman–Crippen MR) is 92.1 cm³/mol. The number of carbonyl (C=O) groups excluding carboxylic acids is 2. The van der Waals surface area contributed by atoms with Crippen molar-refractivity contribution in [3.63, 3.8) is 0 Å². The fraction of sp³-hybridized carbons (Fsp3) is 0.421. The van der Waals surface area contributed by atoms with Gasteiger partial charge in [0.2, 0.25) is 5.78 Å². The topological polar surface area (TPSA) is 61.2 Å². The van der Waals surface area contributed by atoms with Crippen LogP contribution in [0.2, 0.25) is 0 Å². The molecular formula is C19H24N2O3. The number of aromatic nitrogens is 2. The molecule has 5 nitrogen and oxygen atoms in total. The zero-order valence-corrected chi connectivity index (χ0v) is 14.9. The van der Waals surface area contributed by atoms with Crippen molar-refractivity contribution in [2.75, 3.05) is 0 Å². The molecule has 0 aliphatic heterocycles. The number of benzene rings is 1. The van der Waals surface area contributed by atoms with E-state index in [9.17, 15) is 9.59 Å². The van der Waals surface area contributed by atoms with Crippen molar-refractivity contribution in [2.45, 2.75) is 53.7 Å². The van der Waals surface area contributed by atoms with Crippen LogP contribution in [-0.2, 0) is 16.1 Å². The maximum Gasteiger partial charge on any atom is 0.308 e. The van der Waals surface area contributed by atoms with Gasteiger partial charge in [-0.05, 0) is 57.9 Å². The van der Waals surface area contributed by atoms with E-state index in [0.29, 0.717) is 12.1 Å². The number of ketones is 1. The Morgan fingerprint density at radius 2 is 1.83 bits per heavy atom. The van der Waals surface area contributed by atoms with E-state index in [-0.39, 0.29) is 12.2 Å². The number of rotatable bonds is 6. The summed E-state index contributed by atoms with van der Waals surface area (Å²) in [5.74, 6) is -0.579. The van der Waals surface area contributed by atoms with Crippen molar-refractivity contribution in [2.24, 2.45) is 0 Å². The molecule has 0 bridgehead atoms. The first-order valence-corrected chi connectivity index (χ1v) is 8.10. The maximum atomic E-state index is 12.4. The highest BCUT2D eigenvalue weighted by molar-refractivity contribution is 6.00. The van der Waals surface area contributed by atoms with E-state index in [2.05, 4.69) is 5.10 Å². The highest BCUT2D eigenvalue weighted by Crippen LogP contribution is 2.13. The van der Waals surface area contributed by atoms with E-state index in [1.54, 1.807) is 17.7 Å². The molecule has 0 saturated carbocycles. The minimum absolute atomic E-state index is 0.183. The normalized spacial score (nSPS) is 12.0. The smallest absolute Gasteiger partial charge is 0.308 e. The molecule has 1 unspecified atom stereocenters. The number of carbonyl (C=O) groups is 2. The second-order valence-electron chi connectivity index (χ2n) is 6.20. The van der Waals surface area contributed by atoms with Crippen LogP contribution in [0, 0.1) is 27.7 Å². The van der Waals surface area contributed by atoms with Crippen LogP contribution in [0.25, 0.3) is 0 Å². The highest BCUT2D eigenvalue weighted by Gasteiger charge is 2.20. The summed E-state index contributed by atoms with van der Waals surface area (Å²) >= 11 is 0. The summed E-state index contributed by atoms with van der Waals surface area (Å²) in [5, 5.41) is 4.30. The van der Waals surface area contributed by atoms with Crippen LogP contribution in [0.3, 0.4) is 0 Å². The first kappa shape index (κ1) is 17.9. The van der Waals surface area contributed by atoms with Crippen molar-refractivity contribution in [1.82, 2.24) is 9.78 Å². The third kappa shape index (κ3) is 4.31. The Bertz CT molecular complexity index is 762. The molecule has 128 valence electrons. The molecule has 24 heavy (non-hydrogen) atoms. The van der Waals surface area contributed by atoms with Crippen LogP contribution in [0.5, 0.6) is 0 Å². The lowest BCUT2D eigenvalue weighted by Gasteiger charge is -2.13. The van der Waals surface area contributed by atoms with Crippen LogP contribution in [0.15, 0.2) is 24.3 Å². The molecule has 1 aromatic carbocycles. The molecule has 2 rings (SSSR count). The van der Waals surface area contributed by atoms with Gasteiger partial charge in [0.1, 0.15) is 0 Å². The second kappa shape index (κ2) is 7.43. The fourth-order valence-electron chi connectivity index (χ4n) is 2.54. The minimum atomic E-state index is -0.792. The molecule has 0 saturated heterocycles. The molecule has 0 amide bonds. The summed E-state index contributed by atoms with van der Waals surface area (Å²) < 4.78 is 7.05. The fourth-order valence-corrected chi connectivity index (χ4v) is 2.54. The van der Waals surface area contributed by atoms with Gasteiger partial charge in [-0.1, -0.05) is 12.1 Å². The molecule has 0 N–H and O–H groups in total. The average Bonchev–Trinajstić information content (AvgIpc) is 2.85. The molecule has 0 aliphatic carbocycles. The van der Waals surface area contributed by atoms with Crippen LogP contribution >= 0.6 is 0 Å². The third-order valence-electron chi connectivity index (χ3n) is 4.10. The monoisotopic (exact) mass is 328 g/mol. The maximum absolute atomic E-state index is 12.4. The SMILES string of the molecule is Cc1cc(C)n(CCC(=O)OC(C)C(=O)c2ccc(C)c(C)c2)n1. The van der Waals surface area contributed by atoms with Gasteiger partial charge in [-0.25, -0.2) is 0 Å². The van der Waals surface area contributed by atoms with Gasteiger partial charge in [0.25, 0.3) is 0 Å². The first-order chi connectivity index (χ1) is 11.3. The number of Topliss-reactive ketones (excluding diaryl/α,β-unsaturated/α-hetero) is 1. The number of ether oxygens (including phenoxy) is 1. The van der Waals surface area contributed by atoms with E-state index in [4.69, 9.17) is 4.74 Å². The summed E-state index contributed by atoms with van der Waals surface area (Å²) in [7, 11) is 0. The van der Waals surface area contributed by atoms with Crippen molar-refractivity contribution in [3.05, 3.63) is 52.3 Å². The lowest BCUT2D eigenvalue weighted by Crippen LogP contribution is -2.25. The lowest BCUT2D eigenvalue weighted by molar-refractivity contribution is -0.146. The molecule has 0 fully saturated rings. The van der Waals surface area contributed by atoms with Crippen molar-refractivity contribution in [3.8, 4) is 0 Å². The first-order valence-electron chi connectivity index (χ1n) is 8.10. The Hall–Kier alpha value is -2.43. The third-order valence-corrected chi connectivity index (χ3v) is 4.10. The van der Waals surface area contributed by atoms with Crippen LogP contribution in [-0.4, -0.2) is 27.6 Å². The van der Waals surface area contributed by atoms with Crippen molar-refractivity contribution >= 4 is 11.8 Å². The molecule has 5 heteroatoms. The van der Waals surface area contributed by atoms with Crippen LogP contribution in [0.4, 0.5) is 0 Å². The predicted octanol–water partition coefficient (Wildman–Crippen LogP) is 3.32. The summed E-state index contributed by atoms with van der Waals surface area (Å²) in [5.41, 5.74) is 4.65. The standard InChI is InChI=1S/C19H24N2O3/c1-12-6-7-17(10-13(12)2)19(23)16(5)24-18(22)8-9-21-15(4)11-14(3)20-21/h6-7,10-11,16H,8-9H2,1-5H3. The van der Waals surface area contributed by atoms with E-state index >= 15 is 0 Å². The Morgan fingerprint density at radius 1 is 1.12 bits per heavy atom. The van der Waals surface area contributed by atoms with Crippen LogP contribution in [0.1, 0.15) is 46.2 Å². The van der Waals surface area contributed by atoms with E-state index in [0.717, 1.165) is 22.5 Å². The minimum Gasteiger partial charge on any atom is -0.454 e. The quantitative estimate of drug-likeness (QED) is 0.603. The van der Waals surface area contributed by atoms with Crippen molar-refractivity contribution in [1.29, 1.82) is 0 Å². The summed E-state index contributed by atoms with van der Waals surface area (Å²) in [4.78, 5) is 24.4. The van der Waals surface area contributed by atoms with Gasteiger partial charge in [-0.3, -0.25) is 14.3 Å². The van der Waals surface area contributed by atoms with E-state index in [1.165, 1.54) is 0 Å². The van der Waals surface area contributed by atoms with Gasteiger partial charge in [0, 0.05) is 11.3 Å². The Morgan fingerprint density at radius 3 is 2.42 bits per heavy atom. The summed E-state index contributed by atoms with van der Waals surface area (Å²) in [6.45, 7) is 9.86. The highest BCUT2D eigenvalue weighted by atomic mass is 16.5. The molecule has 2 aromatic rings. The number of hydrogen-bond donors (Lipinski definition) is 0. The molecule has 0 radical (unpaired) electrons. The zero-order valence-electron chi connectivity index (χ0n) is 14.9. The molecule has 1 aromatic heterocycles. The van der Waals surface area contributed by atoms with Gasteiger partial charge >= 0.3 is 5.97 Å². The summed E-state index contributed by atoms with van der Waals surface area (Å²) in [6, 6.07) is 7.46. The van der Waals surface area contributed by atoms with Crippen LogP contribution < -0.4 is 0 Å². The van der Waals surface area contributed by atoms with Gasteiger partial charge in [0.05, 0.1) is 18.7 Å². The molecule has 0 aliphatic rings. The second-order valence-corrected chi connectivity index (χ2v) is 6.20. The van der Waals surface area contributed by atoms with Gasteiger partial charge in [0.15, 0.2) is 6.10 Å². The number of nitrogens with zero attached hydrogens (tertiary/aromatic N) is 2. The number of hydrogen-bond acceptors (Lipinski definition) is 4. The van der Waals surface area contributed by atoms with Crippen molar-refractivity contribution < 1.29 is 14.3 Å². The molecular weight excluding hydrogens is 304 g/mol. The van der Waals surface area contributed by atoms with E-state index in [1.807, 2.05) is 45.9 Å². The molecule has 1 heterocycles.